The van der Waals surface area contributed by atoms with Gasteiger partial charge in [-0.25, -0.2) is 17.5 Å². The van der Waals surface area contributed by atoms with Gasteiger partial charge in [-0.2, -0.15) is 0 Å². The maximum Gasteiger partial charge on any atom is 0.240 e. The molecule has 0 amide bonds. The molecule has 1 aliphatic carbocycles. The van der Waals surface area contributed by atoms with Crippen LogP contribution in [0.3, 0.4) is 0 Å². The van der Waals surface area contributed by atoms with Gasteiger partial charge in [-0.15, -0.1) is 0 Å². The van der Waals surface area contributed by atoms with Gasteiger partial charge in [0.25, 0.3) is 0 Å². The predicted molar refractivity (Wildman–Crippen MR) is 68.7 cm³/mol. The van der Waals surface area contributed by atoms with E-state index in [1.165, 1.54) is 0 Å². The van der Waals surface area contributed by atoms with E-state index in [4.69, 9.17) is 0 Å². The SMILES string of the molecule is Cc1ccc(S(=O)(=O)N[C@@H]2CCCC[C@H]2F)cc1. The molecule has 0 aliphatic heterocycles. The molecule has 1 aromatic carbocycles. The van der Waals surface area contributed by atoms with Crippen molar-refractivity contribution in [2.45, 2.75) is 49.7 Å². The molecule has 0 radical (unpaired) electrons. The highest BCUT2D eigenvalue weighted by Gasteiger charge is 2.29. The third kappa shape index (κ3) is 3.09. The Bertz CT molecular complexity index is 498. The number of benzene rings is 1. The van der Waals surface area contributed by atoms with Gasteiger partial charge in [0.1, 0.15) is 6.17 Å². The number of alkyl halides is 1. The third-order valence-corrected chi connectivity index (χ3v) is 4.83. The topological polar surface area (TPSA) is 46.2 Å². The van der Waals surface area contributed by atoms with Crippen molar-refractivity contribution in [2.75, 3.05) is 0 Å². The molecule has 0 saturated heterocycles. The highest BCUT2D eigenvalue weighted by atomic mass is 32.2. The average Bonchev–Trinajstić information content (AvgIpc) is 2.32. The van der Waals surface area contributed by atoms with Crippen molar-refractivity contribution < 1.29 is 12.8 Å². The van der Waals surface area contributed by atoms with Gasteiger partial charge in [0.15, 0.2) is 0 Å². The molecule has 0 unspecified atom stereocenters. The molecule has 2 rings (SSSR count). The van der Waals surface area contributed by atoms with Crippen LogP contribution in [0.15, 0.2) is 29.2 Å². The number of hydrogen-bond acceptors (Lipinski definition) is 2. The first-order valence-electron chi connectivity index (χ1n) is 6.22. The van der Waals surface area contributed by atoms with Crippen molar-refractivity contribution in [1.82, 2.24) is 4.72 Å². The van der Waals surface area contributed by atoms with E-state index in [0.29, 0.717) is 12.8 Å². The second kappa shape index (κ2) is 5.36. The molecule has 1 fully saturated rings. The van der Waals surface area contributed by atoms with Crippen molar-refractivity contribution >= 4 is 10.0 Å². The minimum atomic E-state index is -3.60. The van der Waals surface area contributed by atoms with E-state index >= 15 is 0 Å². The van der Waals surface area contributed by atoms with Crippen LogP contribution in [0.4, 0.5) is 4.39 Å². The number of hydrogen-bond donors (Lipinski definition) is 1. The summed E-state index contributed by atoms with van der Waals surface area (Å²) in [6, 6.07) is 6.00. The van der Waals surface area contributed by atoms with Crippen molar-refractivity contribution in [1.29, 1.82) is 0 Å². The lowest BCUT2D eigenvalue weighted by Gasteiger charge is -2.26. The molecule has 2 atom stereocenters. The molecule has 0 heterocycles. The fourth-order valence-electron chi connectivity index (χ4n) is 2.20. The molecule has 18 heavy (non-hydrogen) atoms. The van der Waals surface area contributed by atoms with Crippen LogP contribution in [0.1, 0.15) is 31.2 Å². The van der Waals surface area contributed by atoms with Gasteiger partial charge in [0, 0.05) is 0 Å². The first kappa shape index (κ1) is 13.5. The molecule has 0 spiro atoms. The second-order valence-electron chi connectivity index (χ2n) is 4.84. The van der Waals surface area contributed by atoms with Crippen molar-refractivity contribution in [3.05, 3.63) is 29.8 Å². The van der Waals surface area contributed by atoms with Crippen LogP contribution in [0, 0.1) is 6.92 Å². The van der Waals surface area contributed by atoms with Gasteiger partial charge in [-0.05, 0) is 31.9 Å². The summed E-state index contributed by atoms with van der Waals surface area (Å²) in [5.41, 5.74) is 0.995. The van der Waals surface area contributed by atoms with Crippen LogP contribution in [0.2, 0.25) is 0 Å². The Morgan fingerprint density at radius 3 is 2.39 bits per heavy atom. The largest absolute Gasteiger partial charge is 0.246 e. The molecule has 5 heteroatoms. The molecular formula is C13H18FNO2S. The zero-order valence-corrected chi connectivity index (χ0v) is 11.2. The zero-order chi connectivity index (χ0) is 13.2. The summed E-state index contributed by atoms with van der Waals surface area (Å²) in [5, 5.41) is 0. The first-order valence-corrected chi connectivity index (χ1v) is 7.70. The van der Waals surface area contributed by atoms with E-state index in [1.54, 1.807) is 24.3 Å². The fraction of sp³-hybridized carbons (Fsp3) is 0.538. The highest BCUT2D eigenvalue weighted by molar-refractivity contribution is 7.89. The van der Waals surface area contributed by atoms with Crippen molar-refractivity contribution in [3.63, 3.8) is 0 Å². The van der Waals surface area contributed by atoms with Crippen LogP contribution >= 0.6 is 0 Å². The number of rotatable bonds is 3. The second-order valence-corrected chi connectivity index (χ2v) is 6.56. The van der Waals surface area contributed by atoms with E-state index in [0.717, 1.165) is 18.4 Å². The molecule has 1 aliphatic rings. The number of halogens is 1. The van der Waals surface area contributed by atoms with E-state index < -0.39 is 22.2 Å². The Kier molecular flexibility index (Phi) is 4.02. The van der Waals surface area contributed by atoms with Gasteiger partial charge in [-0.3, -0.25) is 0 Å². The summed E-state index contributed by atoms with van der Waals surface area (Å²) in [7, 11) is -3.60. The number of nitrogens with one attached hydrogen (secondary N) is 1. The smallest absolute Gasteiger partial charge is 0.240 e. The number of aryl methyl sites for hydroxylation is 1. The van der Waals surface area contributed by atoms with Gasteiger partial charge in [0.05, 0.1) is 10.9 Å². The van der Waals surface area contributed by atoms with E-state index in [2.05, 4.69) is 4.72 Å². The maximum absolute atomic E-state index is 13.6. The summed E-state index contributed by atoms with van der Waals surface area (Å²) in [4.78, 5) is 0.200. The molecule has 1 N–H and O–H groups in total. The van der Waals surface area contributed by atoms with Crippen LogP contribution in [0.5, 0.6) is 0 Å². The summed E-state index contributed by atoms with van der Waals surface area (Å²) in [6.07, 6.45) is 1.66. The number of sulfonamides is 1. The van der Waals surface area contributed by atoms with Crippen LogP contribution in [-0.2, 0) is 10.0 Å². The lowest BCUT2D eigenvalue weighted by Crippen LogP contribution is -2.43. The Labute approximate surface area is 107 Å². The predicted octanol–water partition coefficient (Wildman–Crippen LogP) is 2.55. The molecule has 1 saturated carbocycles. The minimum absolute atomic E-state index is 0.200. The van der Waals surface area contributed by atoms with Crippen molar-refractivity contribution in [2.24, 2.45) is 0 Å². The Morgan fingerprint density at radius 1 is 1.17 bits per heavy atom. The van der Waals surface area contributed by atoms with Gasteiger partial charge >= 0.3 is 0 Å². The lowest BCUT2D eigenvalue weighted by molar-refractivity contribution is 0.206. The molecule has 0 bridgehead atoms. The molecule has 3 nitrogen and oxygen atoms in total. The third-order valence-electron chi connectivity index (χ3n) is 3.32. The summed E-state index contributed by atoms with van der Waals surface area (Å²) >= 11 is 0. The zero-order valence-electron chi connectivity index (χ0n) is 10.4. The van der Waals surface area contributed by atoms with E-state index in [9.17, 15) is 12.8 Å². The van der Waals surface area contributed by atoms with Gasteiger partial charge < -0.3 is 0 Å². The van der Waals surface area contributed by atoms with E-state index in [-0.39, 0.29) is 4.90 Å². The highest BCUT2D eigenvalue weighted by Crippen LogP contribution is 2.23. The van der Waals surface area contributed by atoms with Gasteiger partial charge in [0.2, 0.25) is 10.0 Å². The lowest BCUT2D eigenvalue weighted by atomic mass is 9.95. The van der Waals surface area contributed by atoms with E-state index in [1.807, 2.05) is 6.92 Å². The maximum atomic E-state index is 13.6. The van der Waals surface area contributed by atoms with Crippen LogP contribution < -0.4 is 4.72 Å². The summed E-state index contributed by atoms with van der Waals surface area (Å²) in [5.74, 6) is 0. The van der Waals surface area contributed by atoms with Crippen LogP contribution in [0.25, 0.3) is 0 Å². The monoisotopic (exact) mass is 271 g/mol. The molecule has 0 aromatic heterocycles. The first-order chi connectivity index (χ1) is 8.49. The minimum Gasteiger partial charge on any atom is -0.246 e. The Hall–Kier alpha value is -0.940. The normalized spacial score (nSPS) is 25.0. The summed E-state index contributed by atoms with van der Waals surface area (Å²) in [6.45, 7) is 1.89. The molecule has 100 valence electrons. The Balaban J connectivity index is 2.13. The van der Waals surface area contributed by atoms with Crippen LogP contribution in [-0.4, -0.2) is 20.6 Å². The quantitative estimate of drug-likeness (QED) is 0.918. The molecule has 1 aromatic rings. The Morgan fingerprint density at radius 2 is 1.78 bits per heavy atom. The summed E-state index contributed by atoms with van der Waals surface area (Å²) < 4.78 is 40.3. The fourth-order valence-corrected chi connectivity index (χ4v) is 3.50. The standard InChI is InChI=1S/C13H18FNO2S/c1-10-6-8-11(9-7-10)18(16,17)15-13-5-3-2-4-12(13)14/h6-9,12-13,15H,2-5H2,1H3/t12-,13-/m1/s1. The average molecular weight is 271 g/mol. The van der Waals surface area contributed by atoms with Gasteiger partial charge in [-0.1, -0.05) is 30.5 Å². The molecular weight excluding hydrogens is 253 g/mol. The van der Waals surface area contributed by atoms with Crippen molar-refractivity contribution in [3.8, 4) is 0 Å².